The topological polar surface area (TPSA) is 50.2 Å². The molecular formula is C16H13ClN4S. The van der Waals surface area contributed by atoms with Crippen LogP contribution in [0.5, 0.6) is 0 Å². The van der Waals surface area contributed by atoms with Crippen LogP contribution in [0.1, 0.15) is 11.1 Å². The van der Waals surface area contributed by atoms with Crippen molar-refractivity contribution < 1.29 is 0 Å². The van der Waals surface area contributed by atoms with E-state index in [4.69, 9.17) is 11.6 Å². The first kappa shape index (κ1) is 14.7. The molecule has 1 aromatic heterocycles. The van der Waals surface area contributed by atoms with E-state index in [1.807, 2.05) is 54.8 Å². The van der Waals surface area contributed by atoms with Crippen molar-refractivity contribution in [3.63, 3.8) is 0 Å². The highest BCUT2D eigenvalue weighted by Gasteiger charge is 2.01. The maximum atomic E-state index is 6.16. The van der Waals surface area contributed by atoms with Gasteiger partial charge in [0.2, 0.25) is 0 Å². The van der Waals surface area contributed by atoms with Gasteiger partial charge in [0.05, 0.1) is 11.9 Å². The molecule has 0 radical (unpaired) electrons. The van der Waals surface area contributed by atoms with E-state index in [9.17, 15) is 0 Å². The molecule has 0 bridgehead atoms. The number of nitrogens with zero attached hydrogens (tertiary/aromatic N) is 3. The number of nitrogens with one attached hydrogen (secondary N) is 1. The molecule has 1 N–H and O–H groups in total. The molecule has 2 aromatic carbocycles. The van der Waals surface area contributed by atoms with Crippen molar-refractivity contribution in [2.45, 2.75) is 6.92 Å². The summed E-state index contributed by atoms with van der Waals surface area (Å²) in [5, 5.41) is 10.9. The van der Waals surface area contributed by atoms with Gasteiger partial charge in [0.15, 0.2) is 0 Å². The first-order valence-electron chi connectivity index (χ1n) is 6.66. The largest absolute Gasteiger partial charge is 0.279 e. The summed E-state index contributed by atoms with van der Waals surface area (Å²) in [7, 11) is 0. The molecule has 110 valence electrons. The molecule has 0 aliphatic carbocycles. The van der Waals surface area contributed by atoms with Gasteiger partial charge in [-0.05, 0) is 42.2 Å². The van der Waals surface area contributed by atoms with E-state index in [0.29, 0.717) is 5.02 Å². The van der Waals surface area contributed by atoms with Gasteiger partial charge in [-0.15, -0.1) is 5.10 Å². The molecule has 0 fully saturated rings. The van der Waals surface area contributed by atoms with Crippen molar-refractivity contribution in [2.75, 3.05) is 5.43 Å². The fourth-order valence-electron chi connectivity index (χ4n) is 1.99. The average Bonchev–Trinajstić information content (AvgIpc) is 3.05. The van der Waals surface area contributed by atoms with E-state index in [0.717, 1.165) is 28.1 Å². The second-order valence-electron chi connectivity index (χ2n) is 4.71. The van der Waals surface area contributed by atoms with Crippen molar-refractivity contribution in [1.82, 2.24) is 9.59 Å². The van der Waals surface area contributed by atoms with Crippen molar-refractivity contribution in [1.29, 1.82) is 0 Å². The minimum atomic E-state index is 0.692. The monoisotopic (exact) mass is 328 g/mol. The molecule has 0 saturated carbocycles. The number of benzene rings is 2. The highest BCUT2D eigenvalue weighted by molar-refractivity contribution is 7.03. The molecule has 0 spiro atoms. The van der Waals surface area contributed by atoms with Crippen LogP contribution < -0.4 is 5.43 Å². The van der Waals surface area contributed by atoms with Crippen molar-refractivity contribution in [3.8, 4) is 11.3 Å². The Balaban J connectivity index is 1.70. The van der Waals surface area contributed by atoms with Gasteiger partial charge in [-0.1, -0.05) is 40.4 Å². The normalized spacial score (nSPS) is 11.0. The standard InChI is InChI=1S/C16H13ClN4S/c1-11-3-2-4-15(17)14(11)9-18-19-13-7-5-12(6-8-13)16-10-22-21-20-16/h2-10,19H,1H3/b18-9+. The molecule has 3 rings (SSSR count). The maximum Gasteiger partial charge on any atom is 0.105 e. The summed E-state index contributed by atoms with van der Waals surface area (Å²) in [4.78, 5) is 0. The summed E-state index contributed by atoms with van der Waals surface area (Å²) in [6.07, 6.45) is 1.73. The van der Waals surface area contributed by atoms with Crippen molar-refractivity contribution >= 4 is 35.0 Å². The molecule has 0 aliphatic heterocycles. The van der Waals surface area contributed by atoms with Crippen LogP contribution in [-0.2, 0) is 0 Å². The van der Waals surface area contributed by atoms with E-state index in [1.54, 1.807) is 6.21 Å². The van der Waals surface area contributed by atoms with Gasteiger partial charge in [0.25, 0.3) is 0 Å². The maximum absolute atomic E-state index is 6.16. The fraction of sp³-hybridized carbons (Fsp3) is 0.0625. The Hall–Kier alpha value is -2.24. The average molecular weight is 329 g/mol. The summed E-state index contributed by atoms with van der Waals surface area (Å²) in [5.74, 6) is 0. The SMILES string of the molecule is Cc1cccc(Cl)c1/C=N/Nc1ccc(-c2csnn2)cc1. The lowest BCUT2D eigenvalue weighted by Gasteiger charge is -2.04. The molecular weight excluding hydrogens is 316 g/mol. The summed E-state index contributed by atoms with van der Waals surface area (Å²) in [6, 6.07) is 13.6. The van der Waals surface area contributed by atoms with E-state index < -0.39 is 0 Å². The smallest absolute Gasteiger partial charge is 0.105 e. The van der Waals surface area contributed by atoms with Gasteiger partial charge in [0.1, 0.15) is 5.69 Å². The molecule has 0 saturated heterocycles. The van der Waals surface area contributed by atoms with Gasteiger partial charge < -0.3 is 0 Å². The van der Waals surface area contributed by atoms with Gasteiger partial charge >= 0.3 is 0 Å². The zero-order valence-electron chi connectivity index (χ0n) is 11.8. The number of anilines is 1. The zero-order chi connectivity index (χ0) is 15.4. The fourth-order valence-corrected chi connectivity index (χ4v) is 2.72. The van der Waals surface area contributed by atoms with E-state index in [-0.39, 0.29) is 0 Å². The lowest BCUT2D eigenvalue weighted by atomic mass is 10.1. The Morgan fingerprint density at radius 3 is 2.68 bits per heavy atom. The molecule has 22 heavy (non-hydrogen) atoms. The lowest BCUT2D eigenvalue weighted by Crippen LogP contribution is -1.93. The Kier molecular flexibility index (Phi) is 4.46. The zero-order valence-corrected chi connectivity index (χ0v) is 13.4. The highest BCUT2D eigenvalue weighted by atomic mass is 35.5. The molecule has 0 aliphatic rings. The van der Waals surface area contributed by atoms with Crippen LogP contribution in [0.4, 0.5) is 5.69 Å². The second kappa shape index (κ2) is 6.68. The lowest BCUT2D eigenvalue weighted by molar-refractivity contribution is 1.16. The third-order valence-electron chi connectivity index (χ3n) is 3.20. The predicted molar refractivity (Wildman–Crippen MR) is 92.8 cm³/mol. The summed E-state index contributed by atoms with van der Waals surface area (Å²) >= 11 is 7.50. The number of aryl methyl sites for hydroxylation is 1. The van der Waals surface area contributed by atoms with Crippen LogP contribution in [0.15, 0.2) is 52.9 Å². The number of rotatable bonds is 4. The number of hydrogen-bond acceptors (Lipinski definition) is 5. The summed E-state index contributed by atoms with van der Waals surface area (Å²) in [6.45, 7) is 2.00. The summed E-state index contributed by atoms with van der Waals surface area (Å²) in [5.41, 5.74) is 7.81. The van der Waals surface area contributed by atoms with Crippen LogP contribution in [0.3, 0.4) is 0 Å². The van der Waals surface area contributed by atoms with Crippen LogP contribution in [0, 0.1) is 6.92 Å². The molecule has 0 amide bonds. The van der Waals surface area contributed by atoms with Crippen molar-refractivity contribution in [3.05, 3.63) is 64.0 Å². The van der Waals surface area contributed by atoms with E-state index >= 15 is 0 Å². The van der Waals surface area contributed by atoms with Gasteiger partial charge in [-0.25, -0.2) is 0 Å². The van der Waals surface area contributed by atoms with Crippen LogP contribution in [0.2, 0.25) is 5.02 Å². The minimum absolute atomic E-state index is 0.692. The third kappa shape index (κ3) is 3.32. The second-order valence-corrected chi connectivity index (χ2v) is 5.72. The quantitative estimate of drug-likeness (QED) is 0.562. The van der Waals surface area contributed by atoms with E-state index in [1.165, 1.54) is 11.5 Å². The third-order valence-corrected chi connectivity index (χ3v) is 4.03. The van der Waals surface area contributed by atoms with Crippen molar-refractivity contribution in [2.24, 2.45) is 5.10 Å². The van der Waals surface area contributed by atoms with Crippen LogP contribution in [0.25, 0.3) is 11.3 Å². The Labute approximate surface area is 137 Å². The Morgan fingerprint density at radius 1 is 1.18 bits per heavy atom. The number of halogens is 1. The molecule has 0 unspecified atom stereocenters. The van der Waals surface area contributed by atoms with Crippen LogP contribution >= 0.6 is 23.1 Å². The van der Waals surface area contributed by atoms with E-state index in [2.05, 4.69) is 20.1 Å². The molecule has 6 heteroatoms. The first-order chi connectivity index (χ1) is 10.7. The number of hydrazone groups is 1. The molecule has 1 heterocycles. The molecule has 0 atom stereocenters. The Bertz CT molecular complexity index is 762. The van der Waals surface area contributed by atoms with Gasteiger partial charge in [-0.3, -0.25) is 5.43 Å². The molecule has 3 aromatic rings. The predicted octanol–water partition coefficient (Wildman–Crippen LogP) is 4.61. The number of hydrogen-bond donors (Lipinski definition) is 1. The molecule has 4 nitrogen and oxygen atoms in total. The highest BCUT2D eigenvalue weighted by Crippen LogP contribution is 2.20. The van der Waals surface area contributed by atoms with Gasteiger partial charge in [-0.2, -0.15) is 5.10 Å². The minimum Gasteiger partial charge on any atom is -0.279 e. The number of aromatic nitrogens is 2. The Morgan fingerprint density at radius 2 is 2.00 bits per heavy atom. The van der Waals surface area contributed by atoms with Gasteiger partial charge in [0, 0.05) is 21.5 Å². The van der Waals surface area contributed by atoms with Crippen LogP contribution in [-0.4, -0.2) is 15.8 Å². The first-order valence-corrected chi connectivity index (χ1v) is 7.87. The summed E-state index contributed by atoms with van der Waals surface area (Å²) < 4.78 is 3.86.